The lowest BCUT2D eigenvalue weighted by atomic mass is 9.85. The molecule has 1 aliphatic heterocycles. The van der Waals surface area contributed by atoms with Gasteiger partial charge in [0.15, 0.2) is 0 Å². The molecule has 1 aliphatic carbocycles. The van der Waals surface area contributed by atoms with Crippen LogP contribution in [0.1, 0.15) is 18.9 Å². The molecule has 2 aliphatic rings. The van der Waals surface area contributed by atoms with E-state index in [9.17, 15) is 0 Å². The molecular formula is C29H24S. The molecule has 0 radical (unpaired) electrons. The highest BCUT2D eigenvalue weighted by atomic mass is 32.2. The summed E-state index contributed by atoms with van der Waals surface area (Å²) in [6.45, 7) is 6.22. The van der Waals surface area contributed by atoms with Crippen LogP contribution in [-0.2, 0) is 0 Å². The topological polar surface area (TPSA) is 0 Å². The summed E-state index contributed by atoms with van der Waals surface area (Å²) in [5.74, 6) is 0.436. The van der Waals surface area contributed by atoms with Crippen molar-refractivity contribution in [3.8, 4) is 22.3 Å². The molecule has 5 rings (SSSR count). The van der Waals surface area contributed by atoms with Crippen molar-refractivity contribution in [2.75, 3.05) is 0 Å². The summed E-state index contributed by atoms with van der Waals surface area (Å²) in [4.78, 5) is 2.72. The van der Waals surface area contributed by atoms with Gasteiger partial charge >= 0.3 is 0 Å². The van der Waals surface area contributed by atoms with Crippen LogP contribution in [0.2, 0.25) is 0 Å². The van der Waals surface area contributed by atoms with E-state index in [1.54, 1.807) is 0 Å². The Labute approximate surface area is 183 Å². The average molecular weight is 405 g/mol. The molecule has 0 bridgehead atoms. The van der Waals surface area contributed by atoms with E-state index < -0.39 is 0 Å². The molecule has 0 N–H and O–H groups in total. The number of benzene rings is 3. The predicted molar refractivity (Wildman–Crippen MR) is 131 cm³/mol. The van der Waals surface area contributed by atoms with Gasteiger partial charge < -0.3 is 0 Å². The van der Waals surface area contributed by atoms with Gasteiger partial charge in [-0.15, -0.1) is 6.58 Å². The first kappa shape index (κ1) is 19.0. The van der Waals surface area contributed by atoms with Gasteiger partial charge in [0.2, 0.25) is 0 Å². The quantitative estimate of drug-likeness (QED) is 0.393. The van der Waals surface area contributed by atoms with Gasteiger partial charge in [-0.25, -0.2) is 0 Å². The number of thioether (sulfide) groups is 1. The maximum Gasteiger partial charge on any atom is 0.0203 e. The van der Waals surface area contributed by atoms with Crippen molar-refractivity contribution in [1.29, 1.82) is 0 Å². The third-order valence-corrected chi connectivity index (χ3v) is 7.09. The highest BCUT2D eigenvalue weighted by Crippen LogP contribution is 2.50. The normalized spacial score (nSPS) is 17.2. The maximum atomic E-state index is 3.95. The molecule has 3 aromatic rings. The fraction of sp³-hybridized carbons (Fsp3) is 0.103. The minimum absolute atomic E-state index is 0.436. The van der Waals surface area contributed by atoms with E-state index in [-0.39, 0.29) is 0 Å². The van der Waals surface area contributed by atoms with E-state index >= 15 is 0 Å². The molecule has 0 fully saturated rings. The first-order chi connectivity index (χ1) is 14.7. The molecule has 30 heavy (non-hydrogen) atoms. The van der Waals surface area contributed by atoms with Gasteiger partial charge in [-0.05, 0) is 70.5 Å². The van der Waals surface area contributed by atoms with Crippen LogP contribution in [0, 0.1) is 5.92 Å². The lowest BCUT2D eigenvalue weighted by molar-refractivity contribution is 0.787. The standard InChI is InChI=1S/C29H24S/c1-3-9-22-12-8-15-27-29(22)20(2)26-17-16-25(19-28(26)30-27)24-14-7-13-23(18-24)21-10-5-4-6-11-21/h3-8,10-19,22H,1,9H2,2H3. The Hall–Kier alpha value is -3.03. The number of rotatable bonds is 4. The predicted octanol–water partition coefficient (Wildman–Crippen LogP) is 8.55. The van der Waals surface area contributed by atoms with Crippen LogP contribution in [0.4, 0.5) is 0 Å². The first-order valence-corrected chi connectivity index (χ1v) is 11.2. The Morgan fingerprint density at radius 1 is 0.867 bits per heavy atom. The Morgan fingerprint density at radius 3 is 2.40 bits per heavy atom. The molecule has 1 heterocycles. The molecule has 146 valence electrons. The fourth-order valence-corrected chi connectivity index (χ4v) is 5.76. The van der Waals surface area contributed by atoms with Crippen LogP contribution in [-0.4, -0.2) is 0 Å². The van der Waals surface area contributed by atoms with Crippen LogP contribution in [0.5, 0.6) is 0 Å². The van der Waals surface area contributed by atoms with Crippen molar-refractivity contribution >= 4 is 17.3 Å². The second-order valence-corrected chi connectivity index (χ2v) is 8.93. The Balaban J connectivity index is 1.55. The Bertz CT molecular complexity index is 1210. The second-order valence-electron chi connectivity index (χ2n) is 7.85. The summed E-state index contributed by atoms with van der Waals surface area (Å²) in [7, 11) is 0. The summed E-state index contributed by atoms with van der Waals surface area (Å²) in [5.41, 5.74) is 9.26. The van der Waals surface area contributed by atoms with Crippen LogP contribution >= 0.6 is 11.8 Å². The van der Waals surface area contributed by atoms with Gasteiger partial charge in [-0.1, -0.05) is 90.7 Å². The molecule has 0 aromatic heterocycles. The van der Waals surface area contributed by atoms with E-state index in [2.05, 4.69) is 105 Å². The molecule has 0 spiro atoms. The number of hydrogen-bond acceptors (Lipinski definition) is 1. The zero-order valence-corrected chi connectivity index (χ0v) is 18.0. The highest BCUT2D eigenvalue weighted by molar-refractivity contribution is 8.03. The summed E-state index contributed by atoms with van der Waals surface area (Å²) >= 11 is 1.90. The Morgan fingerprint density at radius 2 is 1.60 bits per heavy atom. The van der Waals surface area contributed by atoms with Crippen molar-refractivity contribution in [2.24, 2.45) is 5.92 Å². The third-order valence-electron chi connectivity index (χ3n) is 5.96. The van der Waals surface area contributed by atoms with Crippen LogP contribution in [0.15, 0.2) is 119 Å². The van der Waals surface area contributed by atoms with E-state index in [4.69, 9.17) is 0 Å². The summed E-state index contributed by atoms with van der Waals surface area (Å²) < 4.78 is 0. The molecular weight excluding hydrogens is 380 g/mol. The van der Waals surface area contributed by atoms with Crippen molar-refractivity contribution in [1.82, 2.24) is 0 Å². The molecule has 0 nitrogen and oxygen atoms in total. The largest absolute Gasteiger partial charge is 0.103 e. The van der Waals surface area contributed by atoms with Gasteiger partial charge in [0, 0.05) is 15.7 Å². The molecule has 3 aromatic carbocycles. The molecule has 1 atom stereocenters. The van der Waals surface area contributed by atoms with E-state index in [1.807, 2.05) is 17.8 Å². The fourth-order valence-electron chi connectivity index (χ4n) is 4.44. The summed E-state index contributed by atoms with van der Waals surface area (Å²) in [6.07, 6.45) is 9.78. The minimum Gasteiger partial charge on any atom is -0.103 e. The number of hydrogen-bond donors (Lipinski definition) is 0. The smallest absolute Gasteiger partial charge is 0.0203 e. The lowest BCUT2D eigenvalue weighted by Crippen LogP contribution is -2.10. The molecule has 0 saturated carbocycles. The van der Waals surface area contributed by atoms with Gasteiger partial charge in [-0.2, -0.15) is 0 Å². The van der Waals surface area contributed by atoms with Crippen molar-refractivity contribution < 1.29 is 0 Å². The van der Waals surface area contributed by atoms with Crippen molar-refractivity contribution in [3.63, 3.8) is 0 Å². The van der Waals surface area contributed by atoms with Crippen molar-refractivity contribution in [3.05, 3.63) is 120 Å². The monoisotopic (exact) mass is 404 g/mol. The van der Waals surface area contributed by atoms with E-state index in [0.29, 0.717) is 5.92 Å². The highest BCUT2D eigenvalue weighted by Gasteiger charge is 2.26. The maximum absolute atomic E-state index is 3.95. The zero-order chi connectivity index (χ0) is 20.5. The van der Waals surface area contributed by atoms with Crippen LogP contribution in [0.3, 0.4) is 0 Å². The minimum atomic E-state index is 0.436. The summed E-state index contributed by atoms with van der Waals surface area (Å²) in [6, 6.07) is 26.3. The van der Waals surface area contributed by atoms with Crippen LogP contribution in [0.25, 0.3) is 27.8 Å². The number of fused-ring (bicyclic) bond motifs is 2. The summed E-state index contributed by atoms with van der Waals surface area (Å²) in [5, 5.41) is 0. The van der Waals surface area contributed by atoms with Crippen LogP contribution < -0.4 is 0 Å². The average Bonchev–Trinajstić information content (AvgIpc) is 2.80. The second kappa shape index (κ2) is 8.01. The molecule has 0 amide bonds. The van der Waals surface area contributed by atoms with Gasteiger partial charge in [-0.3, -0.25) is 0 Å². The molecule has 1 heteroatoms. The number of allylic oxidation sites excluding steroid dienone is 6. The third kappa shape index (κ3) is 3.40. The van der Waals surface area contributed by atoms with E-state index in [1.165, 1.54) is 48.8 Å². The Kier molecular flexibility index (Phi) is 5.06. The van der Waals surface area contributed by atoms with Crippen molar-refractivity contribution in [2.45, 2.75) is 18.2 Å². The molecule has 1 unspecified atom stereocenters. The lowest BCUT2D eigenvalue weighted by Gasteiger charge is -2.29. The molecule has 0 saturated heterocycles. The van der Waals surface area contributed by atoms with Gasteiger partial charge in [0.25, 0.3) is 0 Å². The zero-order valence-electron chi connectivity index (χ0n) is 17.1. The van der Waals surface area contributed by atoms with Gasteiger partial charge in [0.1, 0.15) is 0 Å². The first-order valence-electron chi connectivity index (χ1n) is 10.4. The SMILES string of the molecule is C=CCC1C=CC=C2Sc3cc(-c4cccc(-c5ccccc5)c4)ccc3C(C)=C21. The van der Waals surface area contributed by atoms with E-state index in [0.717, 1.165) is 6.42 Å². The van der Waals surface area contributed by atoms with Gasteiger partial charge in [0.05, 0.1) is 0 Å².